The molecule has 2 heteroatoms. The summed E-state index contributed by atoms with van der Waals surface area (Å²) >= 11 is 0. The lowest BCUT2D eigenvalue weighted by Crippen LogP contribution is -2.02. The lowest BCUT2D eigenvalue weighted by molar-refractivity contribution is 0.201. The van der Waals surface area contributed by atoms with Crippen LogP contribution in [0.4, 0.5) is 0 Å². The van der Waals surface area contributed by atoms with E-state index in [1.54, 1.807) is 0 Å². The van der Waals surface area contributed by atoms with E-state index in [1.807, 2.05) is 24.3 Å². The Balaban J connectivity index is 2.10. The Labute approximate surface area is 71.1 Å². The molecule has 0 spiro atoms. The number of hydrogen-bond donors (Lipinski definition) is 1. The van der Waals surface area contributed by atoms with E-state index >= 15 is 0 Å². The van der Waals surface area contributed by atoms with Crippen molar-refractivity contribution in [1.29, 1.82) is 0 Å². The fraction of sp³-hybridized carbons (Fsp3) is 0.200. The predicted molar refractivity (Wildman–Crippen MR) is 48.0 cm³/mol. The highest BCUT2D eigenvalue weighted by molar-refractivity contribution is 5.86. The molecular weight excluding hydrogens is 152 g/mol. The molecule has 0 saturated heterocycles. The molecule has 0 amide bonds. The average Bonchev–Trinajstić information content (AvgIpc) is 2.05. The summed E-state index contributed by atoms with van der Waals surface area (Å²) in [5.41, 5.74) is 2.47. The van der Waals surface area contributed by atoms with E-state index in [4.69, 9.17) is 9.84 Å². The van der Waals surface area contributed by atoms with Gasteiger partial charge in [-0.05, 0) is 23.3 Å². The molecule has 2 rings (SSSR count). The third-order valence-electron chi connectivity index (χ3n) is 1.86. The minimum Gasteiger partial charge on any atom is -0.491 e. The zero-order valence-electron chi connectivity index (χ0n) is 6.66. The number of benzene rings is 1. The van der Waals surface area contributed by atoms with Crippen molar-refractivity contribution in [3.63, 3.8) is 0 Å². The lowest BCUT2D eigenvalue weighted by Gasteiger charge is -2.12. The molecule has 1 aliphatic carbocycles. The van der Waals surface area contributed by atoms with Gasteiger partial charge in [0.05, 0.1) is 6.61 Å². The highest BCUT2D eigenvalue weighted by atomic mass is 16.5. The molecule has 0 aliphatic heterocycles. The van der Waals surface area contributed by atoms with Crippen molar-refractivity contribution in [3.05, 3.63) is 29.3 Å². The average molecular weight is 162 g/mol. The van der Waals surface area contributed by atoms with Gasteiger partial charge in [0.15, 0.2) is 0 Å². The summed E-state index contributed by atoms with van der Waals surface area (Å²) in [7, 11) is 0. The van der Waals surface area contributed by atoms with E-state index in [9.17, 15) is 0 Å². The van der Waals surface area contributed by atoms with Gasteiger partial charge in [-0.1, -0.05) is 18.2 Å². The normalized spacial score (nSPS) is 12.1. The number of aliphatic hydroxyl groups excluding tert-OH is 1. The van der Waals surface area contributed by atoms with E-state index in [1.165, 1.54) is 11.1 Å². The van der Waals surface area contributed by atoms with Crippen LogP contribution in [0.15, 0.2) is 18.2 Å². The van der Waals surface area contributed by atoms with Gasteiger partial charge >= 0.3 is 0 Å². The van der Waals surface area contributed by atoms with Gasteiger partial charge in [0, 0.05) is 0 Å². The second-order valence-corrected chi connectivity index (χ2v) is 2.70. The Kier molecular flexibility index (Phi) is 1.84. The maximum absolute atomic E-state index is 8.53. The number of fused-ring (bicyclic) bond motifs is 1. The summed E-state index contributed by atoms with van der Waals surface area (Å²) in [5.74, 6) is 0.826. The largest absolute Gasteiger partial charge is 0.491 e. The number of hydrogen-bond acceptors (Lipinski definition) is 2. The molecule has 0 heterocycles. The summed E-state index contributed by atoms with van der Waals surface area (Å²) < 4.78 is 5.24. The molecule has 62 valence electrons. The Morgan fingerprint density at radius 1 is 1.17 bits per heavy atom. The van der Waals surface area contributed by atoms with Crippen LogP contribution in [0.2, 0.25) is 0 Å². The van der Waals surface area contributed by atoms with Crippen LogP contribution in [0.25, 0.3) is 12.2 Å². The van der Waals surface area contributed by atoms with Crippen molar-refractivity contribution in [3.8, 4) is 5.75 Å². The van der Waals surface area contributed by atoms with Crippen molar-refractivity contribution in [2.24, 2.45) is 0 Å². The van der Waals surface area contributed by atoms with Gasteiger partial charge in [0.25, 0.3) is 0 Å². The first-order valence-electron chi connectivity index (χ1n) is 3.96. The van der Waals surface area contributed by atoms with E-state index in [2.05, 4.69) is 6.08 Å². The first-order valence-corrected chi connectivity index (χ1v) is 3.96. The second-order valence-electron chi connectivity index (χ2n) is 2.70. The SMILES string of the molecule is OCCOc1ccc2c(c1)C=C2. The molecule has 2 nitrogen and oxygen atoms in total. The van der Waals surface area contributed by atoms with Crippen LogP contribution in [0.3, 0.4) is 0 Å². The number of aliphatic hydroxyl groups is 1. The monoisotopic (exact) mass is 162 g/mol. The summed E-state index contributed by atoms with van der Waals surface area (Å²) in [4.78, 5) is 0. The molecule has 1 N–H and O–H groups in total. The Morgan fingerprint density at radius 3 is 2.58 bits per heavy atom. The van der Waals surface area contributed by atoms with E-state index < -0.39 is 0 Å². The molecule has 0 fully saturated rings. The van der Waals surface area contributed by atoms with Gasteiger partial charge < -0.3 is 9.84 Å². The molecule has 1 aromatic carbocycles. The zero-order valence-corrected chi connectivity index (χ0v) is 6.66. The van der Waals surface area contributed by atoms with Gasteiger partial charge in [-0.2, -0.15) is 0 Å². The van der Waals surface area contributed by atoms with Crippen molar-refractivity contribution >= 4 is 12.2 Å². The molecule has 1 aliphatic rings. The van der Waals surface area contributed by atoms with Crippen LogP contribution in [0.5, 0.6) is 5.75 Å². The molecule has 0 saturated carbocycles. The van der Waals surface area contributed by atoms with Gasteiger partial charge in [-0.3, -0.25) is 0 Å². The highest BCUT2D eigenvalue weighted by Crippen LogP contribution is 2.27. The molecule has 0 unspecified atom stereocenters. The molecule has 0 radical (unpaired) electrons. The molecular formula is C10H10O2. The fourth-order valence-electron chi connectivity index (χ4n) is 1.19. The minimum absolute atomic E-state index is 0.0624. The van der Waals surface area contributed by atoms with E-state index in [-0.39, 0.29) is 6.61 Å². The second kappa shape index (κ2) is 2.99. The Hall–Kier alpha value is -1.28. The quantitative estimate of drug-likeness (QED) is 0.741. The van der Waals surface area contributed by atoms with Crippen LogP contribution in [-0.4, -0.2) is 18.3 Å². The van der Waals surface area contributed by atoms with Crippen LogP contribution >= 0.6 is 0 Å². The standard InChI is InChI=1S/C10H10O2/c11-5-6-12-10-4-3-8-1-2-9(8)7-10/h1-4,7,11H,5-6H2. The molecule has 0 bridgehead atoms. The highest BCUT2D eigenvalue weighted by Gasteiger charge is 2.05. The van der Waals surface area contributed by atoms with Gasteiger partial charge in [-0.25, -0.2) is 0 Å². The Bertz CT molecular complexity index is 316. The summed E-state index contributed by atoms with van der Waals surface area (Å²) in [6.07, 6.45) is 4.10. The van der Waals surface area contributed by atoms with Crippen LogP contribution in [-0.2, 0) is 0 Å². The summed E-state index contributed by atoms with van der Waals surface area (Å²) in [6, 6.07) is 5.91. The summed E-state index contributed by atoms with van der Waals surface area (Å²) in [6.45, 7) is 0.426. The van der Waals surface area contributed by atoms with Crippen molar-refractivity contribution in [1.82, 2.24) is 0 Å². The van der Waals surface area contributed by atoms with Gasteiger partial charge in [0.1, 0.15) is 12.4 Å². The third-order valence-corrected chi connectivity index (χ3v) is 1.86. The number of rotatable bonds is 3. The van der Waals surface area contributed by atoms with Crippen LogP contribution in [0.1, 0.15) is 11.1 Å². The first-order chi connectivity index (χ1) is 5.90. The number of ether oxygens (including phenoxy) is 1. The fourth-order valence-corrected chi connectivity index (χ4v) is 1.19. The lowest BCUT2D eigenvalue weighted by atomic mass is 9.98. The topological polar surface area (TPSA) is 29.5 Å². The minimum atomic E-state index is 0.0624. The van der Waals surface area contributed by atoms with Gasteiger partial charge in [0.2, 0.25) is 0 Å². The molecule has 12 heavy (non-hydrogen) atoms. The van der Waals surface area contributed by atoms with E-state index in [0.29, 0.717) is 6.61 Å². The van der Waals surface area contributed by atoms with Crippen LogP contribution in [0, 0.1) is 0 Å². The van der Waals surface area contributed by atoms with Gasteiger partial charge in [-0.15, -0.1) is 0 Å². The van der Waals surface area contributed by atoms with Crippen molar-refractivity contribution in [2.45, 2.75) is 0 Å². The van der Waals surface area contributed by atoms with E-state index in [0.717, 1.165) is 5.75 Å². The van der Waals surface area contributed by atoms with Crippen molar-refractivity contribution in [2.75, 3.05) is 13.2 Å². The maximum Gasteiger partial charge on any atom is 0.120 e. The molecule has 1 aromatic rings. The molecule has 0 aromatic heterocycles. The molecule has 0 atom stereocenters. The first kappa shape index (κ1) is 7.37. The third kappa shape index (κ3) is 1.21. The summed E-state index contributed by atoms with van der Waals surface area (Å²) in [5, 5.41) is 8.53. The Morgan fingerprint density at radius 2 is 2.00 bits per heavy atom. The predicted octanol–water partition coefficient (Wildman–Crippen LogP) is 1.54. The van der Waals surface area contributed by atoms with Crippen LogP contribution < -0.4 is 4.74 Å². The van der Waals surface area contributed by atoms with Crippen molar-refractivity contribution < 1.29 is 9.84 Å². The zero-order chi connectivity index (χ0) is 8.39. The maximum atomic E-state index is 8.53. The smallest absolute Gasteiger partial charge is 0.120 e.